The normalized spacial score (nSPS) is 21.0. The molecule has 0 amide bonds. The van der Waals surface area contributed by atoms with Crippen LogP contribution in [0.3, 0.4) is 0 Å². The highest BCUT2D eigenvalue weighted by Gasteiger charge is 2.26. The monoisotopic (exact) mass is 640 g/mol. The van der Waals surface area contributed by atoms with E-state index in [1.807, 2.05) is 0 Å². The highest BCUT2D eigenvalue weighted by molar-refractivity contribution is 4.96. The van der Waals surface area contributed by atoms with Crippen LogP contribution in [-0.2, 0) is 0 Å². The Morgan fingerprint density at radius 2 is 0.739 bits per heavy atom. The molecule has 1 aliphatic heterocycles. The molecule has 2 fully saturated rings. The maximum absolute atomic E-state index is 4.57. The Labute approximate surface area is 291 Å². The molecule has 0 N–H and O–H groups in total. The van der Waals surface area contributed by atoms with Crippen molar-refractivity contribution in [3.63, 3.8) is 0 Å². The van der Waals surface area contributed by atoms with Crippen molar-refractivity contribution in [2.45, 2.75) is 238 Å². The van der Waals surface area contributed by atoms with Crippen molar-refractivity contribution in [1.29, 1.82) is 0 Å². The summed E-state index contributed by atoms with van der Waals surface area (Å²) in [5.41, 5.74) is 2.91. The minimum Gasteiger partial charge on any atom is -0.375 e. The molecular weight excluding hydrogens is 555 g/mol. The first-order valence-electron chi connectivity index (χ1n) is 21.8. The van der Waals surface area contributed by atoms with Crippen molar-refractivity contribution in [1.82, 2.24) is 4.90 Å². The van der Waals surface area contributed by atoms with Crippen LogP contribution in [0.5, 0.6) is 0 Å². The lowest BCUT2D eigenvalue weighted by Gasteiger charge is -2.38. The van der Waals surface area contributed by atoms with Crippen LogP contribution in [0.2, 0.25) is 0 Å². The molecule has 1 saturated heterocycles. The van der Waals surface area contributed by atoms with E-state index in [2.05, 4.69) is 25.0 Å². The van der Waals surface area contributed by atoms with E-state index >= 15 is 0 Å². The number of piperidine rings is 1. The van der Waals surface area contributed by atoms with Gasteiger partial charge in [-0.15, -0.1) is 0 Å². The number of likely N-dealkylation sites (tertiary alicyclic amines) is 1. The van der Waals surface area contributed by atoms with Gasteiger partial charge in [-0.05, 0) is 56.8 Å². The van der Waals surface area contributed by atoms with Crippen LogP contribution in [0.4, 0.5) is 0 Å². The van der Waals surface area contributed by atoms with Gasteiger partial charge in [-0.2, -0.15) is 0 Å². The zero-order valence-electron chi connectivity index (χ0n) is 31.9. The number of allylic oxidation sites excluding steroid dienone is 2. The molecule has 2 aliphatic rings. The van der Waals surface area contributed by atoms with Gasteiger partial charge in [-0.3, -0.25) is 0 Å². The third-order valence-electron chi connectivity index (χ3n) is 11.9. The molecule has 0 unspecified atom stereocenters. The number of hydrogen-bond donors (Lipinski definition) is 0. The first-order chi connectivity index (χ1) is 22.7. The minimum atomic E-state index is 0.974. The fourth-order valence-electron chi connectivity index (χ4n) is 8.70. The van der Waals surface area contributed by atoms with Crippen LogP contribution in [0.25, 0.3) is 0 Å². The molecule has 0 aromatic heterocycles. The van der Waals surface area contributed by atoms with Gasteiger partial charge in [0.1, 0.15) is 0 Å². The minimum absolute atomic E-state index is 0.974. The van der Waals surface area contributed by atoms with E-state index in [0.29, 0.717) is 0 Å². The summed E-state index contributed by atoms with van der Waals surface area (Å²) in [5.74, 6) is 1.97. The molecule has 1 aliphatic carbocycles. The second kappa shape index (κ2) is 30.3. The average Bonchev–Trinajstić information content (AvgIpc) is 3.06. The van der Waals surface area contributed by atoms with Crippen LogP contribution in [0.1, 0.15) is 238 Å². The first-order valence-corrected chi connectivity index (χ1v) is 21.8. The molecule has 1 saturated carbocycles. The number of rotatable bonds is 14. The highest BCUT2D eigenvalue weighted by atomic mass is 15.1. The zero-order chi connectivity index (χ0) is 32.8. The highest BCUT2D eigenvalue weighted by Crippen LogP contribution is 2.34. The lowest BCUT2D eigenvalue weighted by molar-refractivity contribution is 0.156. The maximum Gasteiger partial charge on any atom is 0.0177 e. The second-order valence-electron chi connectivity index (χ2n) is 16.1. The van der Waals surface area contributed by atoms with Crippen molar-refractivity contribution in [3.05, 3.63) is 24.4 Å². The lowest BCUT2D eigenvalue weighted by atomic mass is 9.78. The topological polar surface area (TPSA) is 3.24 Å². The standard InChI is InChI=1S/C45H85N/c1-4-33-42(2)34-29-25-21-20-22-26-30-35-43(3)46-40-38-45(39-41-46)44-36-31-27-23-18-16-14-12-10-8-6-5-7-9-11-13-15-17-19-24-28-32-37-44/h44-45H,2-41H2,1H3. The van der Waals surface area contributed by atoms with E-state index in [4.69, 9.17) is 0 Å². The van der Waals surface area contributed by atoms with E-state index in [1.165, 1.54) is 256 Å². The molecule has 2 rings (SSSR count). The van der Waals surface area contributed by atoms with Gasteiger partial charge < -0.3 is 4.90 Å². The largest absolute Gasteiger partial charge is 0.375 e. The Morgan fingerprint density at radius 1 is 0.413 bits per heavy atom. The van der Waals surface area contributed by atoms with Crippen LogP contribution in [-0.4, -0.2) is 18.0 Å². The van der Waals surface area contributed by atoms with Gasteiger partial charge >= 0.3 is 0 Å². The van der Waals surface area contributed by atoms with Crippen LogP contribution >= 0.6 is 0 Å². The molecule has 0 radical (unpaired) electrons. The Kier molecular flexibility index (Phi) is 27.3. The summed E-state index contributed by atoms with van der Waals surface area (Å²) >= 11 is 0. The summed E-state index contributed by atoms with van der Waals surface area (Å²) < 4.78 is 0. The Balaban J connectivity index is 1.62. The summed E-state index contributed by atoms with van der Waals surface area (Å²) in [5, 5.41) is 0. The molecule has 0 spiro atoms. The molecule has 270 valence electrons. The fourth-order valence-corrected chi connectivity index (χ4v) is 8.70. The fraction of sp³-hybridized carbons (Fsp3) is 0.911. The van der Waals surface area contributed by atoms with Crippen molar-refractivity contribution >= 4 is 0 Å². The van der Waals surface area contributed by atoms with Crippen LogP contribution < -0.4 is 0 Å². The Hall–Kier alpha value is -0.720. The van der Waals surface area contributed by atoms with Crippen molar-refractivity contribution in [3.8, 4) is 0 Å². The summed E-state index contributed by atoms with van der Waals surface area (Å²) in [4.78, 5) is 2.68. The van der Waals surface area contributed by atoms with E-state index in [1.54, 1.807) is 0 Å². The Bertz CT molecular complexity index is 661. The maximum atomic E-state index is 4.57. The summed E-state index contributed by atoms with van der Waals surface area (Å²) in [6.45, 7) is 13.6. The molecule has 0 atom stereocenters. The van der Waals surface area contributed by atoms with Crippen LogP contribution in [0.15, 0.2) is 24.4 Å². The summed E-state index contributed by atoms with van der Waals surface area (Å²) in [6.07, 6.45) is 51.8. The van der Waals surface area contributed by atoms with E-state index in [9.17, 15) is 0 Å². The predicted octanol–water partition coefficient (Wildman–Crippen LogP) is 15.7. The van der Waals surface area contributed by atoms with Gasteiger partial charge in [-0.25, -0.2) is 0 Å². The van der Waals surface area contributed by atoms with E-state index < -0.39 is 0 Å². The van der Waals surface area contributed by atoms with Gasteiger partial charge in [0.2, 0.25) is 0 Å². The summed E-state index contributed by atoms with van der Waals surface area (Å²) in [7, 11) is 0. The van der Waals surface area contributed by atoms with E-state index in [-0.39, 0.29) is 0 Å². The number of hydrogen-bond acceptors (Lipinski definition) is 1. The second-order valence-corrected chi connectivity index (χ2v) is 16.1. The third-order valence-corrected chi connectivity index (χ3v) is 11.9. The molecule has 46 heavy (non-hydrogen) atoms. The molecule has 1 nitrogen and oxygen atoms in total. The summed E-state index contributed by atoms with van der Waals surface area (Å²) in [6, 6.07) is 0. The van der Waals surface area contributed by atoms with Gasteiger partial charge in [-0.1, -0.05) is 212 Å². The van der Waals surface area contributed by atoms with Crippen molar-refractivity contribution in [2.75, 3.05) is 13.1 Å². The lowest BCUT2D eigenvalue weighted by Crippen LogP contribution is -2.35. The molecule has 0 aromatic rings. The molecular formula is C45H85N. The predicted molar refractivity (Wildman–Crippen MR) is 209 cm³/mol. The van der Waals surface area contributed by atoms with Crippen molar-refractivity contribution < 1.29 is 0 Å². The first kappa shape index (κ1) is 41.5. The third kappa shape index (κ3) is 22.8. The van der Waals surface area contributed by atoms with Gasteiger partial charge in [0.25, 0.3) is 0 Å². The quantitative estimate of drug-likeness (QED) is 0.135. The molecule has 0 aromatic carbocycles. The van der Waals surface area contributed by atoms with Crippen molar-refractivity contribution in [2.24, 2.45) is 11.8 Å². The smallest absolute Gasteiger partial charge is 0.0177 e. The Morgan fingerprint density at radius 3 is 1.13 bits per heavy atom. The van der Waals surface area contributed by atoms with Gasteiger partial charge in [0, 0.05) is 18.8 Å². The SMILES string of the molecule is C=C(CCC)CCCCCCCCCC(=C)N1CCC(C2CCCCCCCCCCCCCCCCCCCCCCC2)CC1. The molecule has 1 heteroatoms. The van der Waals surface area contributed by atoms with Gasteiger partial charge in [0.05, 0.1) is 0 Å². The zero-order valence-corrected chi connectivity index (χ0v) is 31.9. The van der Waals surface area contributed by atoms with Crippen LogP contribution in [0, 0.1) is 11.8 Å². The number of unbranched alkanes of at least 4 members (excludes halogenated alkanes) is 6. The molecule has 0 bridgehead atoms. The number of nitrogens with zero attached hydrogens (tertiary/aromatic N) is 1. The van der Waals surface area contributed by atoms with Gasteiger partial charge in [0.15, 0.2) is 0 Å². The van der Waals surface area contributed by atoms with E-state index in [0.717, 1.165) is 11.8 Å². The molecule has 1 heterocycles. The average molecular weight is 640 g/mol.